The third-order valence-electron chi connectivity index (χ3n) is 4.11. The van der Waals surface area contributed by atoms with E-state index in [1.807, 2.05) is 17.0 Å². The molecule has 1 aromatic heterocycles. The van der Waals surface area contributed by atoms with Crippen LogP contribution in [0.4, 0.5) is 0 Å². The third-order valence-corrected chi connectivity index (χ3v) is 4.11. The van der Waals surface area contributed by atoms with Gasteiger partial charge in [-0.3, -0.25) is 4.79 Å². The van der Waals surface area contributed by atoms with Crippen molar-refractivity contribution >= 4 is 29.3 Å². The monoisotopic (exact) mass is 308 g/mol. The predicted molar refractivity (Wildman–Crippen MR) is 86.3 cm³/mol. The van der Waals surface area contributed by atoms with Crippen LogP contribution in [0.3, 0.4) is 0 Å². The number of halogens is 1. The van der Waals surface area contributed by atoms with E-state index in [9.17, 15) is 4.79 Å². The number of carbonyl (C=O) groups is 1. The second kappa shape index (κ2) is 6.08. The van der Waals surface area contributed by atoms with E-state index in [0.717, 1.165) is 30.6 Å². The molecule has 0 bridgehead atoms. The first kappa shape index (κ1) is 15.9. The molecule has 1 amide bonds. The molecule has 1 aliphatic rings. The van der Waals surface area contributed by atoms with Crippen molar-refractivity contribution in [1.82, 2.24) is 10.2 Å². The van der Waals surface area contributed by atoms with Gasteiger partial charge in [0.05, 0.1) is 0 Å². The van der Waals surface area contributed by atoms with Crippen molar-refractivity contribution in [3.05, 3.63) is 35.1 Å². The molecule has 1 N–H and O–H groups in total. The van der Waals surface area contributed by atoms with Crippen LogP contribution in [-0.2, 0) is 0 Å². The maximum atomic E-state index is 12.6. The Bertz CT molecular complexity index is 627. The van der Waals surface area contributed by atoms with Crippen LogP contribution in [0.25, 0.3) is 11.0 Å². The molecule has 0 saturated carbocycles. The maximum Gasteiger partial charge on any atom is 0.289 e. The minimum Gasteiger partial charge on any atom is -0.451 e. The van der Waals surface area contributed by atoms with Crippen LogP contribution in [-0.4, -0.2) is 36.5 Å². The van der Waals surface area contributed by atoms with Crippen molar-refractivity contribution < 1.29 is 9.21 Å². The van der Waals surface area contributed by atoms with Gasteiger partial charge in [-0.2, -0.15) is 0 Å². The molecule has 1 fully saturated rings. The zero-order valence-corrected chi connectivity index (χ0v) is 13.4. The molecule has 5 heteroatoms. The van der Waals surface area contributed by atoms with Gasteiger partial charge in [0.2, 0.25) is 0 Å². The standard InChI is InChI=1S/C16H20N2O2.ClH/c1-10-6-13-8-15(20-14(13)7-11(10)2)16(19)18-5-4-17-9-12(18)3;/h6-8,12,17H,4-5,9H2,1-3H3;1H. The van der Waals surface area contributed by atoms with E-state index >= 15 is 0 Å². The molecule has 1 saturated heterocycles. The van der Waals surface area contributed by atoms with Gasteiger partial charge in [0, 0.05) is 31.1 Å². The number of benzene rings is 1. The molecule has 1 atom stereocenters. The van der Waals surface area contributed by atoms with Crippen molar-refractivity contribution in [2.24, 2.45) is 0 Å². The Morgan fingerprint density at radius 3 is 2.71 bits per heavy atom. The summed E-state index contributed by atoms with van der Waals surface area (Å²) < 4.78 is 5.76. The normalized spacial score (nSPS) is 18.6. The molecule has 2 heterocycles. The van der Waals surface area contributed by atoms with Gasteiger partial charge in [-0.1, -0.05) is 0 Å². The first-order valence-corrected chi connectivity index (χ1v) is 7.09. The topological polar surface area (TPSA) is 45.5 Å². The lowest BCUT2D eigenvalue weighted by Gasteiger charge is -2.33. The maximum absolute atomic E-state index is 12.6. The lowest BCUT2D eigenvalue weighted by molar-refractivity contribution is 0.0625. The first-order valence-electron chi connectivity index (χ1n) is 7.09. The number of hydrogen-bond donors (Lipinski definition) is 1. The smallest absolute Gasteiger partial charge is 0.289 e. The molecule has 3 rings (SSSR count). The third kappa shape index (κ3) is 2.92. The fourth-order valence-electron chi connectivity index (χ4n) is 2.69. The number of amides is 1. The number of piperazine rings is 1. The lowest BCUT2D eigenvalue weighted by atomic mass is 10.1. The summed E-state index contributed by atoms with van der Waals surface area (Å²) in [6, 6.07) is 6.14. The fraction of sp³-hybridized carbons (Fsp3) is 0.438. The summed E-state index contributed by atoms with van der Waals surface area (Å²) in [6.07, 6.45) is 0. The highest BCUT2D eigenvalue weighted by Crippen LogP contribution is 2.24. The van der Waals surface area contributed by atoms with Crippen molar-refractivity contribution in [3.8, 4) is 0 Å². The Morgan fingerprint density at radius 2 is 2.00 bits per heavy atom. The number of nitrogens with one attached hydrogen (secondary N) is 1. The van der Waals surface area contributed by atoms with Crippen molar-refractivity contribution in [2.75, 3.05) is 19.6 Å². The molecule has 2 aromatic rings. The molecule has 1 aliphatic heterocycles. The molecule has 0 spiro atoms. The number of hydrogen-bond acceptors (Lipinski definition) is 3. The number of carbonyl (C=O) groups excluding carboxylic acids is 1. The highest BCUT2D eigenvalue weighted by molar-refractivity contribution is 5.96. The van der Waals surface area contributed by atoms with E-state index in [-0.39, 0.29) is 24.4 Å². The van der Waals surface area contributed by atoms with Gasteiger partial charge in [-0.05, 0) is 50.1 Å². The summed E-state index contributed by atoms with van der Waals surface area (Å²) in [5.74, 6) is 0.434. The van der Waals surface area contributed by atoms with E-state index in [1.165, 1.54) is 11.1 Å². The van der Waals surface area contributed by atoms with E-state index in [2.05, 4.69) is 32.2 Å². The zero-order valence-electron chi connectivity index (χ0n) is 12.6. The van der Waals surface area contributed by atoms with Gasteiger partial charge in [0.1, 0.15) is 5.58 Å². The zero-order chi connectivity index (χ0) is 14.3. The van der Waals surface area contributed by atoms with Crippen LogP contribution < -0.4 is 5.32 Å². The van der Waals surface area contributed by atoms with Crippen molar-refractivity contribution in [3.63, 3.8) is 0 Å². The average Bonchev–Trinajstić information content (AvgIpc) is 2.82. The highest BCUT2D eigenvalue weighted by Gasteiger charge is 2.26. The molecular formula is C16H21ClN2O2. The summed E-state index contributed by atoms with van der Waals surface area (Å²) in [6.45, 7) is 8.59. The molecule has 0 radical (unpaired) electrons. The molecule has 4 nitrogen and oxygen atoms in total. The Morgan fingerprint density at radius 1 is 1.29 bits per heavy atom. The molecule has 114 valence electrons. The number of aryl methyl sites for hydroxylation is 2. The summed E-state index contributed by atoms with van der Waals surface area (Å²) in [5, 5.41) is 4.29. The Hall–Kier alpha value is -1.52. The average molecular weight is 309 g/mol. The number of furan rings is 1. The van der Waals surface area contributed by atoms with Crippen LogP contribution in [0.2, 0.25) is 0 Å². The van der Waals surface area contributed by atoms with Crippen LogP contribution in [0.15, 0.2) is 22.6 Å². The predicted octanol–water partition coefficient (Wildman–Crippen LogP) is 2.91. The summed E-state index contributed by atoms with van der Waals surface area (Å²) >= 11 is 0. The van der Waals surface area contributed by atoms with E-state index in [1.54, 1.807) is 0 Å². The molecule has 1 aromatic carbocycles. The second-order valence-electron chi connectivity index (χ2n) is 5.64. The SMILES string of the molecule is Cc1cc2cc(C(=O)N3CCNCC3C)oc2cc1C.Cl. The first-order chi connectivity index (χ1) is 9.56. The highest BCUT2D eigenvalue weighted by atomic mass is 35.5. The summed E-state index contributed by atoms with van der Waals surface area (Å²) in [4.78, 5) is 14.4. The van der Waals surface area contributed by atoms with Crippen LogP contribution >= 0.6 is 12.4 Å². The van der Waals surface area contributed by atoms with E-state index in [4.69, 9.17) is 4.42 Å². The minimum absolute atomic E-state index is 0. The van der Waals surface area contributed by atoms with Crippen LogP contribution in [0.1, 0.15) is 28.6 Å². The Kier molecular flexibility index (Phi) is 4.59. The molecule has 1 unspecified atom stereocenters. The fourth-order valence-corrected chi connectivity index (χ4v) is 2.69. The van der Waals surface area contributed by atoms with Crippen molar-refractivity contribution in [1.29, 1.82) is 0 Å². The van der Waals surface area contributed by atoms with Gasteiger partial charge in [0.15, 0.2) is 5.76 Å². The van der Waals surface area contributed by atoms with Gasteiger partial charge >= 0.3 is 0 Å². The van der Waals surface area contributed by atoms with Gasteiger partial charge in [-0.25, -0.2) is 0 Å². The lowest BCUT2D eigenvalue weighted by Crippen LogP contribution is -2.52. The summed E-state index contributed by atoms with van der Waals surface area (Å²) in [5.41, 5.74) is 3.19. The molecule has 0 aliphatic carbocycles. The number of fused-ring (bicyclic) bond motifs is 1. The van der Waals surface area contributed by atoms with Gasteiger partial charge < -0.3 is 14.6 Å². The number of rotatable bonds is 1. The molecular weight excluding hydrogens is 288 g/mol. The minimum atomic E-state index is -0.00879. The van der Waals surface area contributed by atoms with E-state index < -0.39 is 0 Å². The molecule has 21 heavy (non-hydrogen) atoms. The quantitative estimate of drug-likeness (QED) is 0.881. The van der Waals surface area contributed by atoms with Crippen LogP contribution in [0.5, 0.6) is 0 Å². The Labute approximate surface area is 130 Å². The van der Waals surface area contributed by atoms with E-state index in [0.29, 0.717) is 5.76 Å². The van der Waals surface area contributed by atoms with Crippen molar-refractivity contribution in [2.45, 2.75) is 26.8 Å². The van der Waals surface area contributed by atoms with Gasteiger partial charge in [-0.15, -0.1) is 12.4 Å². The van der Waals surface area contributed by atoms with Gasteiger partial charge in [0.25, 0.3) is 5.91 Å². The Balaban J connectivity index is 0.00000161. The van der Waals surface area contributed by atoms with Crippen LogP contribution in [0, 0.1) is 13.8 Å². The number of nitrogens with zero attached hydrogens (tertiary/aromatic N) is 1. The largest absolute Gasteiger partial charge is 0.451 e. The second-order valence-corrected chi connectivity index (χ2v) is 5.64. The summed E-state index contributed by atoms with van der Waals surface area (Å²) in [7, 11) is 0.